The van der Waals surface area contributed by atoms with E-state index in [1.807, 2.05) is 48.5 Å². The van der Waals surface area contributed by atoms with Gasteiger partial charge in [-0.3, -0.25) is 0 Å². The van der Waals surface area contributed by atoms with E-state index in [0.717, 1.165) is 45.9 Å². The predicted octanol–water partition coefficient (Wildman–Crippen LogP) is 5.56. The zero-order chi connectivity index (χ0) is 20.8. The molecule has 4 heteroatoms. The molecule has 0 aliphatic rings. The summed E-state index contributed by atoms with van der Waals surface area (Å²) in [6, 6.07) is 21.8. The summed E-state index contributed by atoms with van der Waals surface area (Å²) in [6.07, 6.45) is 3.44. The molecule has 146 valence electrons. The van der Waals surface area contributed by atoms with Crippen molar-refractivity contribution < 1.29 is 20.1 Å². The van der Waals surface area contributed by atoms with Gasteiger partial charge in [0.05, 0.1) is 0 Å². The van der Waals surface area contributed by atoms with E-state index in [2.05, 4.69) is 6.92 Å². The molecule has 0 aromatic heterocycles. The van der Waals surface area contributed by atoms with Gasteiger partial charge in [0, 0.05) is 6.08 Å². The van der Waals surface area contributed by atoms with Crippen LogP contribution in [0.5, 0.6) is 11.5 Å². The number of aromatic hydroxyl groups is 2. The highest BCUT2D eigenvalue weighted by molar-refractivity contribution is 5.98. The van der Waals surface area contributed by atoms with E-state index in [9.17, 15) is 15.0 Å². The monoisotopic (exact) mass is 386 g/mol. The number of phenolic OH excluding ortho intramolecular Hbond substituents is 2. The van der Waals surface area contributed by atoms with Crippen molar-refractivity contribution in [3.05, 3.63) is 101 Å². The summed E-state index contributed by atoms with van der Waals surface area (Å²) < 4.78 is 0. The Bertz CT molecular complexity index is 994. The number of aliphatic carboxylic acids is 1. The van der Waals surface area contributed by atoms with E-state index >= 15 is 0 Å². The highest BCUT2D eigenvalue weighted by atomic mass is 16.4. The largest absolute Gasteiger partial charge is 0.508 e. The number of hydrogen-bond donors (Lipinski definition) is 3. The zero-order valence-corrected chi connectivity index (χ0v) is 16.0. The molecule has 3 rings (SSSR count). The first kappa shape index (κ1) is 20.0. The van der Waals surface area contributed by atoms with E-state index < -0.39 is 5.97 Å². The van der Waals surface area contributed by atoms with Gasteiger partial charge in [0.1, 0.15) is 11.5 Å². The van der Waals surface area contributed by atoms with Crippen LogP contribution in [-0.4, -0.2) is 21.3 Å². The maximum Gasteiger partial charge on any atom is 0.328 e. The molecule has 0 aliphatic heterocycles. The number of carboxylic acid groups (broad SMARTS) is 1. The third-order valence-electron chi connectivity index (χ3n) is 4.64. The Balaban J connectivity index is 2.14. The smallest absolute Gasteiger partial charge is 0.328 e. The highest BCUT2D eigenvalue weighted by Gasteiger charge is 2.13. The van der Waals surface area contributed by atoms with Gasteiger partial charge in [0.15, 0.2) is 0 Å². The number of hydrogen-bond acceptors (Lipinski definition) is 3. The fraction of sp³-hybridized carbons (Fsp3) is 0.0800. The summed E-state index contributed by atoms with van der Waals surface area (Å²) in [5.41, 5.74) is 5.87. The molecular weight excluding hydrogens is 364 g/mol. The first-order valence-electron chi connectivity index (χ1n) is 9.31. The van der Waals surface area contributed by atoms with Gasteiger partial charge in [-0.1, -0.05) is 55.5 Å². The molecule has 0 heterocycles. The van der Waals surface area contributed by atoms with Crippen LogP contribution in [0.2, 0.25) is 0 Å². The summed E-state index contributed by atoms with van der Waals surface area (Å²) in [4.78, 5) is 10.7. The second kappa shape index (κ2) is 8.93. The Morgan fingerprint density at radius 3 is 1.62 bits per heavy atom. The molecule has 0 atom stereocenters. The molecule has 3 aromatic rings. The van der Waals surface area contributed by atoms with Crippen LogP contribution in [0, 0.1) is 0 Å². The number of phenols is 2. The molecule has 4 nitrogen and oxygen atoms in total. The average Bonchev–Trinajstić information content (AvgIpc) is 2.73. The van der Waals surface area contributed by atoms with Crippen LogP contribution in [0.3, 0.4) is 0 Å². The Morgan fingerprint density at radius 1 is 0.759 bits per heavy atom. The van der Waals surface area contributed by atoms with Crippen LogP contribution in [0.15, 0.2) is 78.9 Å². The minimum atomic E-state index is -0.981. The first-order chi connectivity index (χ1) is 14.0. The lowest BCUT2D eigenvalue weighted by molar-refractivity contribution is -0.131. The van der Waals surface area contributed by atoms with Gasteiger partial charge in [-0.2, -0.15) is 0 Å². The lowest BCUT2D eigenvalue weighted by atomic mass is 9.88. The van der Waals surface area contributed by atoms with Crippen LogP contribution in [-0.2, 0) is 4.79 Å². The molecule has 0 saturated carbocycles. The third kappa shape index (κ3) is 4.93. The maximum atomic E-state index is 10.7. The predicted molar refractivity (Wildman–Crippen MR) is 116 cm³/mol. The summed E-state index contributed by atoms with van der Waals surface area (Å²) in [5, 5.41) is 28.2. The van der Waals surface area contributed by atoms with Crippen LogP contribution in [0.4, 0.5) is 0 Å². The molecule has 3 aromatic carbocycles. The first-order valence-corrected chi connectivity index (χ1v) is 9.31. The number of carbonyl (C=O) groups is 1. The van der Waals surface area contributed by atoms with Crippen molar-refractivity contribution >= 4 is 23.2 Å². The van der Waals surface area contributed by atoms with E-state index in [1.165, 1.54) is 0 Å². The molecule has 3 N–H and O–H groups in total. The van der Waals surface area contributed by atoms with E-state index in [4.69, 9.17) is 5.11 Å². The number of rotatable bonds is 6. The van der Waals surface area contributed by atoms with E-state index in [-0.39, 0.29) is 11.5 Å². The quantitative estimate of drug-likeness (QED) is 0.383. The van der Waals surface area contributed by atoms with Crippen molar-refractivity contribution in [2.45, 2.75) is 13.3 Å². The lowest BCUT2D eigenvalue weighted by Crippen LogP contribution is -1.95. The molecule has 0 fully saturated rings. The zero-order valence-electron chi connectivity index (χ0n) is 16.0. The van der Waals surface area contributed by atoms with Crippen LogP contribution in [0.25, 0.3) is 17.2 Å². The summed E-state index contributed by atoms with van der Waals surface area (Å²) in [7, 11) is 0. The Labute approximate surface area is 169 Å². The molecule has 0 radical (unpaired) electrons. The van der Waals surface area contributed by atoms with Gasteiger partial charge >= 0.3 is 5.97 Å². The second-order valence-electron chi connectivity index (χ2n) is 6.59. The van der Waals surface area contributed by atoms with Crippen LogP contribution < -0.4 is 0 Å². The van der Waals surface area contributed by atoms with Gasteiger partial charge in [-0.05, 0) is 70.2 Å². The average molecular weight is 386 g/mol. The van der Waals surface area contributed by atoms with Crippen molar-refractivity contribution in [2.75, 3.05) is 0 Å². The molecule has 0 amide bonds. The van der Waals surface area contributed by atoms with Crippen molar-refractivity contribution in [2.24, 2.45) is 0 Å². The van der Waals surface area contributed by atoms with Gasteiger partial charge in [0.25, 0.3) is 0 Å². The minimum absolute atomic E-state index is 0.200. The molecule has 0 saturated heterocycles. The van der Waals surface area contributed by atoms with Crippen LogP contribution in [0.1, 0.15) is 35.6 Å². The normalized spacial score (nSPS) is 10.8. The molecular formula is C25H22O4. The topological polar surface area (TPSA) is 77.8 Å². The van der Waals surface area contributed by atoms with Crippen molar-refractivity contribution in [1.29, 1.82) is 0 Å². The number of benzene rings is 3. The summed E-state index contributed by atoms with van der Waals surface area (Å²) in [6.45, 7) is 2.08. The SMILES string of the molecule is CCC(=C(c1ccc(O)cc1)c1ccc(O)cc1)c1ccc(C=CC(=O)O)cc1. The van der Waals surface area contributed by atoms with Crippen LogP contribution >= 0.6 is 0 Å². The van der Waals surface area contributed by atoms with Gasteiger partial charge in [-0.25, -0.2) is 4.79 Å². The standard InChI is InChI=1S/C25H22O4/c1-2-23(18-6-3-17(4-7-18)5-16-24(28)29)25(19-8-12-21(26)13-9-19)20-10-14-22(27)15-11-20/h3-16,26-27H,2H2,1H3,(H,28,29). The molecule has 29 heavy (non-hydrogen) atoms. The Morgan fingerprint density at radius 2 is 1.21 bits per heavy atom. The van der Waals surface area contributed by atoms with Crippen molar-refractivity contribution in [3.8, 4) is 11.5 Å². The number of allylic oxidation sites excluding steroid dienone is 1. The number of carboxylic acids is 1. The van der Waals surface area contributed by atoms with E-state index in [1.54, 1.807) is 30.3 Å². The molecule has 0 spiro atoms. The fourth-order valence-electron chi connectivity index (χ4n) is 3.26. The van der Waals surface area contributed by atoms with Gasteiger partial charge in [0.2, 0.25) is 0 Å². The van der Waals surface area contributed by atoms with Crippen molar-refractivity contribution in [3.63, 3.8) is 0 Å². The fourth-order valence-corrected chi connectivity index (χ4v) is 3.26. The minimum Gasteiger partial charge on any atom is -0.508 e. The van der Waals surface area contributed by atoms with E-state index in [0.29, 0.717) is 0 Å². The molecule has 0 aliphatic carbocycles. The highest BCUT2D eigenvalue weighted by Crippen LogP contribution is 2.35. The lowest BCUT2D eigenvalue weighted by Gasteiger charge is -2.17. The van der Waals surface area contributed by atoms with Gasteiger partial charge < -0.3 is 15.3 Å². The second-order valence-corrected chi connectivity index (χ2v) is 6.59. The summed E-state index contributed by atoms with van der Waals surface area (Å²) >= 11 is 0. The Kier molecular flexibility index (Phi) is 6.15. The molecule has 0 unspecified atom stereocenters. The van der Waals surface area contributed by atoms with Gasteiger partial charge in [-0.15, -0.1) is 0 Å². The summed E-state index contributed by atoms with van der Waals surface area (Å²) in [5.74, 6) is -0.581. The maximum absolute atomic E-state index is 10.7. The Hall–Kier alpha value is -3.79. The molecule has 0 bridgehead atoms. The van der Waals surface area contributed by atoms with Crippen molar-refractivity contribution in [1.82, 2.24) is 0 Å². The third-order valence-corrected chi connectivity index (χ3v) is 4.64.